The molecule has 0 bridgehead atoms. The molecular formula is C49H66N18O9. The van der Waals surface area contributed by atoms with E-state index in [0.717, 1.165) is 21.8 Å². The Morgan fingerprint density at radius 3 is 1.76 bits per heavy atom. The van der Waals surface area contributed by atoms with Crippen molar-refractivity contribution in [2.75, 3.05) is 32.7 Å². The van der Waals surface area contributed by atoms with Gasteiger partial charge in [-0.05, 0) is 61.8 Å². The van der Waals surface area contributed by atoms with Crippen molar-refractivity contribution < 1.29 is 43.5 Å². The average molecular weight is 1050 g/mol. The number of benzene rings is 2. The third-order valence-electron chi connectivity index (χ3n) is 12.7. The summed E-state index contributed by atoms with van der Waals surface area (Å²) < 4.78 is 0. The number of carbonyl (C=O) groups is 8. The van der Waals surface area contributed by atoms with Crippen molar-refractivity contribution in [2.45, 2.75) is 94.0 Å². The summed E-state index contributed by atoms with van der Waals surface area (Å²) in [5.41, 5.74) is 31.4. The molecule has 20 N–H and O–H groups in total. The van der Waals surface area contributed by atoms with E-state index >= 15 is 0 Å². The smallest absolute Gasteiger partial charge is 0.326 e. The number of guanidine groups is 2. The van der Waals surface area contributed by atoms with Gasteiger partial charge >= 0.3 is 5.97 Å². The van der Waals surface area contributed by atoms with Gasteiger partial charge in [-0.3, -0.25) is 43.5 Å². The standard InChI is InChI=1S/C49H66N18O9/c50-32(10-5-15-56-48(51)52)42(70)65-36(18-27-21-58-33-11-3-1-8-30(27)33)43(71)60-24-40(68)63-37(19-28-22-59-34-12-4-2-9-31(28)34)46(74)64-35(13-6-16-57-49(53)54)45(73)66-38(20-29-23-55-26-62-29)44(72)61-25-41(69)67-17-7-14-39(67)47(75)76/h1-4,8-9,11-12,21-23,26,32,35-39,58-59H,5-7,10,13-20,24-25,50H2,(H,55,62)(H,60,71)(H,61,72)(H,63,68)(H,64,74)(H,65,70)(H,66,73)(H,75,76)(H4,51,52,56)(H4,53,54,57)/t32-,35-,36-,37-,38-,39-/m0/s1. The molecule has 6 rings (SSSR count). The Morgan fingerprint density at radius 2 is 1.18 bits per heavy atom. The molecule has 0 spiro atoms. The SMILES string of the molecule is NC(N)=NCCC[C@H](NC(=O)[C@H](Cc1c[nH]c2ccccc12)NC(=O)CNC(=O)[C@H](Cc1c[nH]c2ccccc12)NC(=O)[C@@H](N)CCCN=C(N)N)C(=O)N[C@@H](Cc1cnc[nH]1)C(=O)NCC(=O)N1CCC[C@H]1C(=O)O. The lowest BCUT2D eigenvalue weighted by Gasteiger charge is -2.26. The van der Waals surface area contributed by atoms with Crippen LogP contribution in [-0.4, -0.2) is 158 Å². The van der Waals surface area contributed by atoms with Crippen LogP contribution in [0.15, 0.2) is 83.4 Å². The van der Waals surface area contributed by atoms with Crippen LogP contribution in [0.1, 0.15) is 55.3 Å². The fraction of sp³-hybridized carbons (Fsp3) is 0.408. The molecular weight excluding hydrogens is 985 g/mol. The van der Waals surface area contributed by atoms with Crippen LogP contribution >= 0.6 is 0 Å². The predicted molar refractivity (Wildman–Crippen MR) is 280 cm³/mol. The van der Waals surface area contributed by atoms with E-state index in [0.29, 0.717) is 29.7 Å². The van der Waals surface area contributed by atoms with Crippen molar-refractivity contribution in [3.8, 4) is 0 Å². The zero-order chi connectivity index (χ0) is 54.7. The van der Waals surface area contributed by atoms with Gasteiger partial charge in [0, 0.05) is 85.0 Å². The maximum absolute atomic E-state index is 14.6. The number of nitrogens with two attached hydrogens (primary N) is 5. The highest BCUT2D eigenvalue weighted by molar-refractivity contribution is 5.97. The molecule has 7 amide bonds. The van der Waals surface area contributed by atoms with Crippen molar-refractivity contribution in [1.82, 2.24) is 56.7 Å². The molecule has 0 aliphatic carbocycles. The number of carbonyl (C=O) groups excluding carboxylic acids is 7. The molecule has 1 aliphatic rings. The van der Waals surface area contributed by atoms with E-state index in [1.165, 1.54) is 17.4 Å². The highest BCUT2D eigenvalue weighted by Crippen LogP contribution is 2.21. The number of fused-ring (bicyclic) bond motifs is 2. The quantitative estimate of drug-likeness (QED) is 0.0136. The zero-order valence-corrected chi connectivity index (χ0v) is 41.7. The Labute approximate surface area is 435 Å². The van der Waals surface area contributed by atoms with Gasteiger partial charge in [0.1, 0.15) is 30.2 Å². The molecule has 1 saturated heterocycles. The van der Waals surface area contributed by atoms with Gasteiger partial charge < -0.3 is 85.5 Å². The molecule has 0 saturated carbocycles. The van der Waals surface area contributed by atoms with Crippen molar-refractivity contribution >= 4 is 81.0 Å². The lowest BCUT2D eigenvalue weighted by Crippen LogP contribution is -2.58. The van der Waals surface area contributed by atoms with E-state index in [-0.39, 0.29) is 76.5 Å². The first kappa shape index (κ1) is 56.3. The van der Waals surface area contributed by atoms with Crippen LogP contribution in [-0.2, 0) is 57.6 Å². The molecule has 4 heterocycles. The van der Waals surface area contributed by atoms with Crippen molar-refractivity contribution in [3.63, 3.8) is 0 Å². The lowest BCUT2D eigenvalue weighted by atomic mass is 10.0. The Kier molecular flexibility index (Phi) is 20.2. The van der Waals surface area contributed by atoms with Crippen LogP contribution < -0.4 is 60.6 Å². The van der Waals surface area contributed by atoms with Crippen LogP contribution in [0.4, 0.5) is 0 Å². The molecule has 5 aromatic rings. The van der Waals surface area contributed by atoms with Crippen LogP contribution in [0.5, 0.6) is 0 Å². The fourth-order valence-electron chi connectivity index (χ4n) is 8.78. The maximum atomic E-state index is 14.6. The number of likely N-dealkylation sites (tertiary alicyclic amines) is 1. The number of hydrogen-bond donors (Lipinski definition) is 15. The third-order valence-corrected chi connectivity index (χ3v) is 12.7. The Morgan fingerprint density at radius 1 is 0.658 bits per heavy atom. The number of nitrogens with one attached hydrogen (secondary N) is 9. The summed E-state index contributed by atoms with van der Waals surface area (Å²) >= 11 is 0. The van der Waals surface area contributed by atoms with Gasteiger partial charge in [0.25, 0.3) is 0 Å². The van der Waals surface area contributed by atoms with E-state index in [2.05, 4.69) is 61.8 Å². The van der Waals surface area contributed by atoms with Crippen LogP contribution in [0.3, 0.4) is 0 Å². The molecule has 1 fully saturated rings. The highest BCUT2D eigenvalue weighted by atomic mass is 16.4. The number of imidazole rings is 1. The molecule has 27 nitrogen and oxygen atoms in total. The van der Waals surface area contributed by atoms with Crippen molar-refractivity contribution in [2.24, 2.45) is 38.7 Å². The number of para-hydroxylation sites is 2. The van der Waals surface area contributed by atoms with Crippen LogP contribution in [0.2, 0.25) is 0 Å². The number of hydrogen-bond acceptors (Lipinski definition) is 12. The summed E-state index contributed by atoms with van der Waals surface area (Å²) in [5.74, 6) is -6.68. The number of aromatic amines is 3. The summed E-state index contributed by atoms with van der Waals surface area (Å²) in [4.78, 5) is 131. The number of aromatic nitrogens is 4. The number of aliphatic carboxylic acids is 1. The van der Waals surface area contributed by atoms with Gasteiger partial charge in [0.05, 0.1) is 25.5 Å². The van der Waals surface area contributed by atoms with E-state index in [4.69, 9.17) is 28.7 Å². The summed E-state index contributed by atoms with van der Waals surface area (Å²) in [5, 5.41) is 27.1. The second-order valence-electron chi connectivity index (χ2n) is 18.2. The normalized spacial score (nSPS) is 15.1. The highest BCUT2D eigenvalue weighted by Gasteiger charge is 2.35. The first-order valence-corrected chi connectivity index (χ1v) is 24.7. The summed E-state index contributed by atoms with van der Waals surface area (Å²) in [6, 6.07) is 7.32. The molecule has 406 valence electrons. The molecule has 76 heavy (non-hydrogen) atoms. The average Bonchev–Trinajstić information content (AvgIpc) is 4.25. The van der Waals surface area contributed by atoms with Gasteiger partial charge in [0.2, 0.25) is 41.4 Å². The van der Waals surface area contributed by atoms with E-state index < -0.39 is 96.7 Å². The predicted octanol–water partition coefficient (Wildman–Crippen LogP) is -2.92. The van der Waals surface area contributed by atoms with E-state index in [1.54, 1.807) is 18.5 Å². The Hall–Kier alpha value is -9.01. The second-order valence-corrected chi connectivity index (χ2v) is 18.2. The number of H-pyrrole nitrogens is 3. The first-order chi connectivity index (χ1) is 36.5. The van der Waals surface area contributed by atoms with Gasteiger partial charge in [-0.25, -0.2) is 9.78 Å². The van der Waals surface area contributed by atoms with Crippen LogP contribution in [0, 0.1) is 0 Å². The molecule has 0 unspecified atom stereocenters. The first-order valence-electron chi connectivity index (χ1n) is 24.7. The molecule has 1 aliphatic heterocycles. The summed E-state index contributed by atoms with van der Waals surface area (Å²) in [6.45, 7) is -0.712. The Balaban J connectivity index is 1.19. The maximum Gasteiger partial charge on any atom is 0.326 e. The third kappa shape index (κ3) is 16.2. The monoisotopic (exact) mass is 1050 g/mol. The van der Waals surface area contributed by atoms with Gasteiger partial charge in [-0.1, -0.05) is 36.4 Å². The molecule has 0 radical (unpaired) electrons. The minimum Gasteiger partial charge on any atom is -0.480 e. The number of carboxylic acids is 1. The fourth-order valence-corrected chi connectivity index (χ4v) is 8.78. The summed E-state index contributed by atoms with van der Waals surface area (Å²) in [6.07, 6.45) is 7.40. The van der Waals surface area contributed by atoms with Gasteiger partial charge in [0.15, 0.2) is 11.9 Å². The van der Waals surface area contributed by atoms with E-state index in [9.17, 15) is 43.5 Å². The minimum atomic E-state index is -1.37. The van der Waals surface area contributed by atoms with Crippen molar-refractivity contribution in [1.29, 1.82) is 0 Å². The Bertz CT molecular complexity index is 2890. The molecule has 27 heteroatoms. The van der Waals surface area contributed by atoms with Crippen molar-refractivity contribution in [3.05, 3.63) is 90.3 Å². The summed E-state index contributed by atoms with van der Waals surface area (Å²) in [7, 11) is 0. The molecule has 2 aromatic carbocycles. The number of rotatable bonds is 28. The van der Waals surface area contributed by atoms with Crippen LogP contribution in [0.25, 0.3) is 21.8 Å². The topological polar surface area (TPSA) is 447 Å². The number of amides is 7. The van der Waals surface area contributed by atoms with Gasteiger partial charge in [-0.2, -0.15) is 0 Å². The molecule has 3 aromatic heterocycles. The number of nitrogens with zero attached hydrogens (tertiary/aromatic N) is 4. The second kappa shape index (κ2) is 27.3. The molecule has 6 atom stereocenters. The van der Waals surface area contributed by atoms with Gasteiger partial charge in [-0.15, -0.1) is 0 Å². The number of carboxylic acid groups (broad SMARTS) is 1. The zero-order valence-electron chi connectivity index (χ0n) is 41.7. The minimum absolute atomic E-state index is 0.0104. The van der Waals surface area contributed by atoms with E-state index in [1.807, 2.05) is 42.5 Å². The lowest BCUT2D eigenvalue weighted by molar-refractivity contribution is -0.148. The number of aliphatic imine (C=N–C) groups is 2. The largest absolute Gasteiger partial charge is 0.480 e.